The van der Waals surface area contributed by atoms with Gasteiger partial charge in [0, 0.05) is 44.7 Å². The Kier molecular flexibility index (Phi) is 6.37. The van der Waals surface area contributed by atoms with Gasteiger partial charge in [0.1, 0.15) is 17.8 Å². The van der Waals surface area contributed by atoms with Crippen LogP contribution in [0.1, 0.15) is 10.5 Å². The molecule has 15 heteroatoms. The molecule has 0 saturated carbocycles. The summed E-state index contributed by atoms with van der Waals surface area (Å²) in [7, 11) is 1.76. The van der Waals surface area contributed by atoms with Gasteiger partial charge >= 0.3 is 12.1 Å². The fraction of sp³-hybridized carbons (Fsp3) is 0.474. The second-order valence-corrected chi connectivity index (χ2v) is 7.88. The van der Waals surface area contributed by atoms with Crippen molar-refractivity contribution in [2.75, 3.05) is 31.1 Å². The molecule has 12 nitrogen and oxygen atoms in total. The van der Waals surface area contributed by atoms with Crippen molar-refractivity contribution in [1.29, 1.82) is 0 Å². The molecular weight excluding hydrogens is 461 g/mol. The van der Waals surface area contributed by atoms with E-state index in [9.17, 15) is 18.0 Å². The Morgan fingerprint density at radius 3 is 2.71 bits per heavy atom. The summed E-state index contributed by atoms with van der Waals surface area (Å²) in [6.07, 6.45) is -1.69. The number of carboxylic acid groups (broad SMARTS) is 1. The summed E-state index contributed by atoms with van der Waals surface area (Å²) in [5.41, 5.74) is 1.29. The minimum atomic E-state index is -5.08. The van der Waals surface area contributed by atoms with E-state index in [1.54, 1.807) is 34.8 Å². The first-order valence-electron chi connectivity index (χ1n) is 10.2. The highest BCUT2D eigenvalue weighted by atomic mass is 19.4. The van der Waals surface area contributed by atoms with Gasteiger partial charge in [-0.15, -0.1) is 15.3 Å². The highest BCUT2D eigenvalue weighted by molar-refractivity contribution is 5.92. The summed E-state index contributed by atoms with van der Waals surface area (Å²) in [5, 5.41) is 26.6. The van der Waals surface area contributed by atoms with Crippen LogP contribution in [0.2, 0.25) is 0 Å². The van der Waals surface area contributed by atoms with Gasteiger partial charge in [-0.25, -0.2) is 4.79 Å². The van der Waals surface area contributed by atoms with Crippen LogP contribution in [0.3, 0.4) is 0 Å². The van der Waals surface area contributed by atoms with Crippen LogP contribution in [0.15, 0.2) is 30.7 Å². The van der Waals surface area contributed by atoms with Crippen molar-refractivity contribution >= 4 is 23.3 Å². The number of fused-ring (bicyclic) bond motifs is 2. The van der Waals surface area contributed by atoms with Crippen LogP contribution < -0.4 is 10.2 Å². The maximum Gasteiger partial charge on any atom is 0.490 e. The van der Waals surface area contributed by atoms with E-state index in [-0.39, 0.29) is 17.9 Å². The number of hydrogen-bond acceptors (Lipinski definition) is 8. The first-order valence-corrected chi connectivity index (χ1v) is 10.2. The van der Waals surface area contributed by atoms with E-state index in [0.29, 0.717) is 24.8 Å². The van der Waals surface area contributed by atoms with E-state index in [4.69, 9.17) is 14.6 Å². The average molecular weight is 482 g/mol. The SMILES string of the molecule is Cn1nccc1C(=O)NC[C@@H]1CO[C@@H]2CN(c3ccc4nncn4n3)C[C@H]12.O=C(O)C(F)(F)F. The van der Waals surface area contributed by atoms with Gasteiger partial charge in [-0.1, -0.05) is 0 Å². The van der Waals surface area contributed by atoms with E-state index < -0.39 is 12.1 Å². The first kappa shape index (κ1) is 23.4. The molecule has 2 aliphatic heterocycles. The number of aromatic nitrogens is 6. The molecule has 3 atom stereocenters. The molecule has 0 unspecified atom stereocenters. The second kappa shape index (κ2) is 9.24. The summed E-state index contributed by atoms with van der Waals surface area (Å²) in [6, 6.07) is 5.59. The van der Waals surface area contributed by atoms with Crippen LogP contribution >= 0.6 is 0 Å². The smallest absolute Gasteiger partial charge is 0.475 e. The number of nitrogens with one attached hydrogen (secondary N) is 1. The maximum atomic E-state index is 12.3. The number of rotatable bonds is 4. The van der Waals surface area contributed by atoms with Crippen molar-refractivity contribution < 1.29 is 32.6 Å². The Morgan fingerprint density at radius 1 is 1.26 bits per heavy atom. The number of alkyl halides is 3. The van der Waals surface area contributed by atoms with Crippen LogP contribution in [0.25, 0.3) is 5.65 Å². The number of nitrogens with zero attached hydrogens (tertiary/aromatic N) is 7. The van der Waals surface area contributed by atoms with Crippen molar-refractivity contribution in [3.05, 3.63) is 36.4 Å². The predicted octanol–water partition coefficient (Wildman–Crippen LogP) is 0.372. The lowest BCUT2D eigenvalue weighted by Gasteiger charge is -2.20. The van der Waals surface area contributed by atoms with Gasteiger partial charge in [-0.2, -0.15) is 22.8 Å². The fourth-order valence-corrected chi connectivity index (χ4v) is 3.99. The normalized spacial score (nSPS) is 21.8. The van der Waals surface area contributed by atoms with Crippen LogP contribution in [0, 0.1) is 11.8 Å². The molecule has 2 N–H and O–H groups in total. The number of aliphatic carboxylic acids is 1. The minimum absolute atomic E-state index is 0.104. The topological polar surface area (TPSA) is 140 Å². The van der Waals surface area contributed by atoms with Crippen LogP contribution in [0.4, 0.5) is 19.0 Å². The van der Waals surface area contributed by atoms with Crippen molar-refractivity contribution in [2.24, 2.45) is 18.9 Å². The molecule has 182 valence electrons. The standard InChI is InChI=1S/C17H20N8O2.C2HF3O2/c1-23-13(4-5-20-23)17(26)18-6-11-9-27-14-8-24(7-12(11)14)16-3-2-15-21-19-10-25(15)22-16;3-2(4,5)1(6)7/h2-5,10-12,14H,6-9H2,1H3,(H,18,26);(H,6,7)/t11-,12-,14-;/m1./s1. The molecule has 0 aliphatic carbocycles. The van der Waals surface area contributed by atoms with Gasteiger partial charge in [0.05, 0.1) is 12.7 Å². The minimum Gasteiger partial charge on any atom is -0.475 e. The van der Waals surface area contributed by atoms with Crippen LogP contribution in [0.5, 0.6) is 0 Å². The number of carboxylic acids is 1. The van der Waals surface area contributed by atoms with Crippen molar-refractivity contribution in [1.82, 2.24) is 34.9 Å². The molecule has 0 spiro atoms. The number of ether oxygens (including phenoxy) is 1. The van der Waals surface area contributed by atoms with E-state index in [1.165, 1.54) is 0 Å². The molecule has 5 heterocycles. The van der Waals surface area contributed by atoms with Gasteiger partial charge < -0.3 is 20.1 Å². The maximum absolute atomic E-state index is 12.3. The summed E-state index contributed by atoms with van der Waals surface area (Å²) in [6.45, 7) is 2.93. The number of carbonyl (C=O) groups excluding carboxylic acids is 1. The molecule has 1 amide bonds. The van der Waals surface area contributed by atoms with Gasteiger partial charge in [-0.3, -0.25) is 9.48 Å². The van der Waals surface area contributed by atoms with E-state index in [1.807, 2.05) is 12.1 Å². The zero-order valence-corrected chi connectivity index (χ0v) is 17.9. The molecule has 2 saturated heterocycles. The number of halogens is 3. The second-order valence-electron chi connectivity index (χ2n) is 7.88. The highest BCUT2D eigenvalue weighted by Gasteiger charge is 2.44. The summed E-state index contributed by atoms with van der Waals surface area (Å²) in [5.74, 6) is -1.32. The quantitative estimate of drug-likeness (QED) is 0.540. The third-order valence-electron chi connectivity index (χ3n) is 5.73. The van der Waals surface area contributed by atoms with Crippen molar-refractivity contribution in [3.63, 3.8) is 0 Å². The largest absolute Gasteiger partial charge is 0.490 e. The fourth-order valence-electron chi connectivity index (χ4n) is 3.99. The van der Waals surface area contributed by atoms with Gasteiger partial charge in [-0.05, 0) is 18.2 Å². The lowest BCUT2D eigenvalue weighted by molar-refractivity contribution is -0.192. The Bertz CT molecular complexity index is 1180. The zero-order chi connectivity index (χ0) is 24.5. The van der Waals surface area contributed by atoms with Gasteiger partial charge in [0.15, 0.2) is 5.65 Å². The third-order valence-corrected chi connectivity index (χ3v) is 5.73. The summed E-state index contributed by atoms with van der Waals surface area (Å²) in [4.78, 5) is 23.4. The summed E-state index contributed by atoms with van der Waals surface area (Å²) < 4.78 is 41.0. The molecule has 5 rings (SSSR count). The average Bonchev–Trinajstić information content (AvgIpc) is 3.55. The predicted molar refractivity (Wildman–Crippen MR) is 109 cm³/mol. The highest BCUT2D eigenvalue weighted by Crippen LogP contribution is 2.35. The lowest BCUT2D eigenvalue weighted by atomic mass is 9.93. The molecule has 3 aromatic heterocycles. The molecule has 34 heavy (non-hydrogen) atoms. The van der Waals surface area contributed by atoms with Crippen LogP contribution in [-0.2, 0) is 16.6 Å². The van der Waals surface area contributed by atoms with E-state index in [0.717, 1.165) is 24.6 Å². The molecule has 3 aromatic rings. The Balaban J connectivity index is 0.000000344. The van der Waals surface area contributed by atoms with E-state index in [2.05, 4.69) is 30.6 Å². The zero-order valence-electron chi connectivity index (χ0n) is 17.9. The molecule has 0 radical (unpaired) electrons. The van der Waals surface area contributed by atoms with Crippen LogP contribution in [-0.4, -0.2) is 85.1 Å². The molecule has 2 aliphatic rings. The van der Waals surface area contributed by atoms with E-state index >= 15 is 0 Å². The van der Waals surface area contributed by atoms with Gasteiger partial charge in [0.25, 0.3) is 5.91 Å². The van der Waals surface area contributed by atoms with Crippen molar-refractivity contribution in [3.8, 4) is 0 Å². The van der Waals surface area contributed by atoms with Gasteiger partial charge in [0.2, 0.25) is 0 Å². The number of carbonyl (C=O) groups is 2. The number of hydrogen-bond donors (Lipinski definition) is 2. The third kappa shape index (κ3) is 4.93. The number of anilines is 1. The van der Waals surface area contributed by atoms with Crippen molar-refractivity contribution in [2.45, 2.75) is 12.3 Å². The number of aryl methyl sites for hydroxylation is 1. The summed E-state index contributed by atoms with van der Waals surface area (Å²) >= 11 is 0. The molecule has 2 fully saturated rings. The Labute approximate surface area is 190 Å². The first-order chi connectivity index (χ1) is 16.1. The molecule has 0 bridgehead atoms. The monoisotopic (exact) mass is 482 g/mol. The Hall–Kier alpha value is -3.75. The number of amides is 1. The molecule has 0 aromatic carbocycles. The lowest BCUT2D eigenvalue weighted by Crippen LogP contribution is -2.35. The molecular formula is C19H21F3N8O4. The Morgan fingerprint density at radius 2 is 2.03 bits per heavy atom.